The standard InChI is InChI=1S/C15H15F2NO2/c1-15(2,3)18-13-9-7-12(17)11(16)6-8(9)5-10(13)14(19)20-4/h5-7H,1-4H3. The zero-order valence-electron chi connectivity index (χ0n) is 11.8. The number of hydrogen-bond acceptors (Lipinski definition) is 3. The minimum absolute atomic E-state index is 0.211. The zero-order valence-corrected chi connectivity index (χ0v) is 11.8. The molecule has 0 heterocycles. The van der Waals surface area contributed by atoms with Crippen molar-refractivity contribution >= 4 is 17.8 Å². The molecule has 0 saturated carbocycles. The predicted molar refractivity (Wildman–Crippen MR) is 72.6 cm³/mol. The summed E-state index contributed by atoms with van der Waals surface area (Å²) >= 11 is 0. The summed E-state index contributed by atoms with van der Waals surface area (Å²) < 4.78 is 31.4. The first kappa shape index (κ1) is 14.4. The van der Waals surface area contributed by atoms with E-state index in [4.69, 9.17) is 4.74 Å². The summed E-state index contributed by atoms with van der Waals surface area (Å²) in [5.41, 5.74) is 0.904. The molecule has 0 bridgehead atoms. The SMILES string of the molecule is COC(=O)C1=Cc2cc(F)c(F)cc2C1=NC(C)(C)C. The third kappa shape index (κ3) is 2.61. The topological polar surface area (TPSA) is 38.7 Å². The van der Waals surface area contributed by atoms with Crippen molar-refractivity contribution in [3.8, 4) is 0 Å². The summed E-state index contributed by atoms with van der Waals surface area (Å²) in [5.74, 6) is -2.50. The lowest BCUT2D eigenvalue weighted by molar-refractivity contribution is -0.135. The molecule has 2 rings (SSSR count). The van der Waals surface area contributed by atoms with Gasteiger partial charge >= 0.3 is 5.97 Å². The highest BCUT2D eigenvalue weighted by atomic mass is 19.2. The Bertz CT molecular complexity index is 640. The number of halogens is 2. The molecule has 1 aliphatic carbocycles. The van der Waals surface area contributed by atoms with Crippen molar-refractivity contribution in [1.29, 1.82) is 0 Å². The van der Waals surface area contributed by atoms with E-state index >= 15 is 0 Å². The maximum atomic E-state index is 13.4. The lowest BCUT2D eigenvalue weighted by Gasteiger charge is -2.15. The Morgan fingerprint density at radius 2 is 1.80 bits per heavy atom. The average molecular weight is 279 g/mol. The van der Waals surface area contributed by atoms with Gasteiger partial charge in [0.15, 0.2) is 11.6 Å². The lowest BCUT2D eigenvalue weighted by atomic mass is 10.0. The molecular weight excluding hydrogens is 264 g/mol. The number of rotatable bonds is 1. The summed E-state index contributed by atoms with van der Waals surface area (Å²) in [6, 6.07) is 2.11. The van der Waals surface area contributed by atoms with Crippen LogP contribution >= 0.6 is 0 Å². The summed E-state index contributed by atoms with van der Waals surface area (Å²) in [6.45, 7) is 5.56. The van der Waals surface area contributed by atoms with Gasteiger partial charge < -0.3 is 4.74 Å². The van der Waals surface area contributed by atoms with E-state index in [1.54, 1.807) is 0 Å². The molecule has 0 aliphatic heterocycles. The highest BCUT2D eigenvalue weighted by Crippen LogP contribution is 2.30. The van der Waals surface area contributed by atoms with Crippen LogP contribution in [0.3, 0.4) is 0 Å². The summed E-state index contributed by atoms with van der Waals surface area (Å²) in [6.07, 6.45) is 1.47. The van der Waals surface area contributed by atoms with E-state index in [2.05, 4.69) is 4.99 Å². The molecular formula is C15H15F2NO2. The minimum Gasteiger partial charge on any atom is -0.465 e. The monoisotopic (exact) mass is 279 g/mol. The Balaban J connectivity index is 2.65. The molecule has 0 N–H and O–H groups in total. The number of hydrogen-bond donors (Lipinski definition) is 0. The van der Waals surface area contributed by atoms with Crippen molar-refractivity contribution in [2.45, 2.75) is 26.3 Å². The first-order valence-corrected chi connectivity index (χ1v) is 6.12. The van der Waals surface area contributed by atoms with E-state index < -0.39 is 23.1 Å². The first-order valence-electron chi connectivity index (χ1n) is 6.12. The third-order valence-corrected chi connectivity index (χ3v) is 2.76. The van der Waals surface area contributed by atoms with Crippen molar-refractivity contribution in [2.75, 3.05) is 7.11 Å². The molecule has 0 spiro atoms. The Hall–Kier alpha value is -2.04. The normalized spacial score (nSPS) is 16.1. The van der Waals surface area contributed by atoms with Gasteiger partial charge in [0.1, 0.15) is 0 Å². The second-order valence-corrected chi connectivity index (χ2v) is 5.53. The number of nitrogens with zero attached hydrogens (tertiary/aromatic N) is 1. The molecule has 106 valence electrons. The Labute approximate surface area is 116 Å². The molecule has 5 heteroatoms. The first-order chi connectivity index (χ1) is 9.23. The molecule has 0 aromatic heterocycles. The molecule has 1 aromatic rings. The van der Waals surface area contributed by atoms with Gasteiger partial charge in [-0.25, -0.2) is 13.6 Å². The average Bonchev–Trinajstić information content (AvgIpc) is 2.66. The quantitative estimate of drug-likeness (QED) is 0.741. The van der Waals surface area contributed by atoms with E-state index in [1.807, 2.05) is 20.8 Å². The fraction of sp³-hybridized carbons (Fsp3) is 0.333. The van der Waals surface area contributed by atoms with Crippen LogP contribution in [-0.2, 0) is 9.53 Å². The van der Waals surface area contributed by atoms with Crippen LogP contribution in [0.4, 0.5) is 8.78 Å². The van der Waals surface area contributed by atoms with E-state index in [9.17, 15) is 13.6 Å². The van der Waals surface area contributed by atoms with Gasteiger partial charge in [0.2, 0.25) is 0 Å². The van der Waals surface area contributed by atoms with Gasteiger partial charge in [-0.05, 0) is 44.5 Å². The summed E-state index contributed by atoms with van der Waals surface area (Å²) in [4.78, 5) is 16.2. The predicted octanol–water partition coefficient (Wildman–Crippen LogP) is 3.12. The van der Waals surface area contributed by atoms with E-state index in [1.165, 1.54) is 13.2 Å². The minimum atomic E-state index is -0.968. The fourth-order valence-corrected chi connectivity index (χ4v) is 1.98. The molecule has 1 aliphatic rings. The molecule has 1 aromatic carbocycles. The Kier molecular flexibility index (Phi) is 3.46. The third-order valence-electron chi connectivity index (χ3n) is 2.76. The number of esters is 1. The molecule has 0 amide bonds. The van der Waals surface area contributed by atoms with Gasteiger partial charge in [0.05, 0.1) is 23.9 Å². The summed E-state index contributed by atoms with van der Waals surface area (Å²) in [5, 5.41) is 0. The molecule has 0 unspecified atom stereocenters. The Morgan fingerprint density at radius 3 is 2.35 bits per heavy atom. The van der Waals surface area contributed by atoms with Crippen LogP contribution in [-0.4, -0.2) is 24.3 Å². The smallest absolute Gasteiger partial charge is 0.340 e. The lowest BCUT2D eigenvalue weighted by Crippen LogP contribution is -2.19. The number of ether oxygens (including phenoxy) is 1. The maximum Gasteiger partial charge on any atom is 0.340 e. The van der Waals surface area contributed by atoms with Crippen molar-refractivity contribution < 1.29 is 18.3 Å². The van der Waals surface area contributed by atoms with Crippen LogP contribution in [0.2, 0.25) is 0 Å². The second-order valence-electron chi connectivity index (χ2n) is 5.53. The van der Waals surface area contributed by atoms with Crippen molar-refractivity contribution in [3.05, 3.63) is 40.5 Å². The van der Waals surface area contributed by atoms with Gasteiger partial charge in [0, 0.05) is 5.56 Å². The number of carbonyl (C=O) groups is 1. The van der Waals surface area contributed by atoms with Crippen LogP contribution in [0, 0.1) is 11.6 Å². The van der Waals surface area contributed by atoms with Crippen LogP contribution < -0.4 is 0 Å². The van der Waals surface area contributed by atoms with E-state index in [0.717, 1.165) is 12.1 Å². The molecule has 0 radical (unpaired) electrons. The van der Waals surface area contributed by atoms with Gasteiger partial charge in [-0.3, -0.25) is 4.99 Å². The zero-order chi connectivity index (χ0) is 15.1. The number of methoxy groups -OCH3 is 1. The second kappa shape index (κ2) is 4.81. The number of carbonyl (C=O) groups excluding carboxylic acids is 1. The van der Waals surface area contributed by atoms with Gasteiger partial charge in [-0.2, -0.15) is 0 Å². The van der Waals surface area contributed by atoms with Crippen LogP contribution in [0.1, 0.15) is 31.9 Å². The molecule has 0 atom stereocenters. The van der Waals surface area contributed by atoms with Crippen molar-refractivity contribution in [1.82, 2.24) is 0 Å². The number of benzene rings is 1. The highest BCUT2D eigenvalue weighted by Gasteiger charge is 2.29. The van der Waals surface area contributed by atoms with Gasteiger partial charge in [-0.1, -0.05) is 0 Å². The number of aliphatic imine (C=N–C) groups is 1. The molecule has 20 heavy (non-hydrogen) atoms. The van der Waals surface area contributed by atoms with E-state index in [0.29, 0.717) is 16.8 Å². The number of fused-ring (bicyclic) bond motifs is 1. The van der Waals surface area contributed by atoms with Crippen molar-refractivity contribution in [3.63, 3.8) is 0 Å². The Morgan fingerprint density at radius 1 is 1.20 bits per heavy atom. The van der Waals surface area contributed by atoms with Crippen LogP contribution in [0.25, 0.3) is 6.08 Å². The largest absolute Gasteiger partial charge is 0.465 e. The molecule has 3 nitrogen and oxygen atoms in total. The van der Waals surface area contributed by atoms with E-state index in [-0.39, 0.29) is 5.57 Å². The van der Waals surface area contributed by atoms with Gasteiger partial charge in [-0.15, -0.1) is 0 Å². The highest BCUT2D eigenvalue weighted by molar-refractivity contribution is 6.33. The maximum absolute atomic E-state index is 13.4. The molecule has 0 saturated heterocycles. The van der Waals surface area contributed by atoms with Crippen molar-refractivity contribution in [2.24, 2.45) is 4.99 Å². The van der Waals surface area contributed by atoms with Gasteiger partial charge in [0.25, 0.3) is 0 Å². The fourth-order valence-electron chi connectivity index (χ4n) is 1.98. The summed E-state index contributed by atoms with van der Waals surface area (Å²) in [7, 11) is 1.25. The molecule has 0 fully saturated rings. The van der Waals surface area contributed by atoms with Crippen LogP contribution in [0.15, 0.2) is 22.7 Å². The van der Waals surface area contributed by atoms with Crippen LogP contribution in [0.5, 0.6) is 0 Å².